The Balaban J connectivity index is 1.11. The van der Waals surface area contributed by atoms with Crippen molar-refractivity contribution in [3.63, 3.8) is 0 Å². The molecule has 2 aromatic carbocycles. The largest absolute Gasteiger partial charge is 0.487 e. The predicted octanol–water partition coefficient (Wildman–Crippen LogP) is 4.98. The van der Waals surface area contributed by atoms with Gasteiger partial charge in [-0.1, -0.05) is 30.3 Å². The number of rotatable bonds is 10. The van der Waals surface area contributed by atoms with Gasteiger partial charge in [-0.25, -0.2) is 15.0 Å². The van der Waals surface area contributed by atoms with Crippen molar-refractivity contribution in [2.45, 2.75) is 39.0 Å². The highest BCUT2D eigenvalue weighted by Crippen LogP contribution is 2.28. The van der Waals surface area contributed by atoms with Gasteiger partial charge >= 0.3 is 0 Å². The molecule has 2 amide bonds. The monoisotopic (exact) mass is 589 g/mol. The molecule has 0 spiro atoms. The van der Waals surface area contributed by atoms with Crippen molar-refractivity contribution in [1.29, 1.82) is 0 Å². The number of anilines is 3. The van der Waals surface area contributed by atoms with Crippen LogP contribution >= 0.6 is 0 Å². The third-order valence-corrected chi connectivity index (χ3v) is 7.53. The van der Waals surface area contributed by atoms with Crippen LogP contribution < -0.4 is 15.4 Å². The van der Waals surface area contributed by atoms with Crippen LogP contribution in [0.15, 0.2) is 91.8 Å². The lowest BCUT2D eigenvalue weighted by molar-refractivity contribution is -0.137. The van der Waals surface area contributed by atoms with Gasteiger partial charge in [-0.15, -0.1) is 0 Å². The summed E-state index contributed by atoms with van der Waals surface area (Å²) in [5, 5.41) is 6.80. The zero-order valence-electron chi connectivity index (χ0n) is 24.1. The number of benzene rings is 2. The van der Waals surface area contributed by atoms with E-state index in [2.05, 4.69) is 25.6 Å². The number of Topliss-reactive ketones (excluding diaryl/α,β-unsaturated/α-hetero) is 1. The van der Waals surface area contributed by atoms with Crippen LogP contribution in [0.3, 0.4) is 0 Å². The highest BCUT2D eigenvalue weighted by Gasteiger charge is 2.34. The van der Waals surface area contributed by atoms with E-state index in [0.29, 0.717) is 48.8 Å². The molecule has 0 bridgehead atoms. The molecule has 222 valence electrons. The van der Waals surface area contributed by atoms with E-state index in [1.807, 2.05) is 48.5 Å². The number of pyridine rings is 1. The molecule has 1 saturated heterocycles. The van der Waals surface area contributed by atoms with Crippen LogP contribution in [0, 0.1) is 0 Å². The van der Waals surface area contributed by atoms with Crippen molar-refractivity contribution < 1.29 is 19.1 Å². The molecule has 0 saturated carbocycles. The van der Waals surface area contributed by atoms with Gasteiger partial charge in [-0.05, 0) is 55.7 Å². The molecule has 11 heteroatoms. The number of nitrogens with zero attached hydrogens (tertiary/aromatic N) is 5. The first kappa shape index (κ1) is 28.5. The molecule has 5 aromatic rings. The van der Waals surface area contributed by atoms with Gasteiger partial charge in [-0.2, -0.15) is 0 Å². The third-order valence-electron chi connectivity index (χ3n) is 7.53. The van der Waals surface area contributed by atoms with Gasteiger partial charge in [0.15, 0.2) is 5.78 Å². The third kappa shape index (κ3) is 6.41. The van der Waals surface area contributed by atoms with Crippen molar-refractivity contribution in [1.82, 2.24) is 24.4 Å². The minimum absolute atomic E-state index is 0.00143. The highest BCUT2D eigenvalue weighted by molar-refractivity contribution is 6.08. The number of likely N-dealkylation sites (tertiary alicyclic amines) is 1. The Labute approximate surface area is 253 Å². The maximum absolute atomic E-state index is 13.5. The number of carbonyl (C=O) groups is 3. The van der Waals surface area contributed by atoms with Crippen molar-refractivity contribution >= 4 is 45.7 Å². The Morgan fingerprint density at radius 3 is 2.55 bits per heavy atom. The van der Waals surface area contributed by atoms with Gasteiger partial charge < -0.3 is 24.8 Å². The van der Waals surface area contributed by atoms with Crippen LogP contribution in [-0.4, -0.2) is 54.6 Å². The number of hydrogen-bond donors (Lipinski definition) is 2. The maximum atomic E-state index is 13.5. The fourth-order valence-corrected chi connectivity index (χ4v) is 5.38. The molecule has 0 unspecified atom stereocenters. The zero-order valence-corrected chi connectivity index (χ0v) is 24.1. The minimum Gasteiger partial charge on any atom is -0.487 e. The second-order valence-electron chi connectivity index (χ2n) is 10.6. The number of aromatic nitrogens is 4. The Hall–Kier alpha value is -5.58. The van der Waals surface area contributed by atoms with E-state index in [0.717, 1.165) is 22.2 Å². The molecule has 0 radical (unpaired) electrons. The lowest BCUT2D eigenvalue weighted by Crippen LogP contribution is -2.44. The van der Waals surface area contributed by atoms with Crippen LogP contribution in [0.1, 0.15) is 35.7 Å². The second kappa shape index (κ2) is 12.7. The highest BCUT2D eigenvalue weighted by atomic mass is 16.5. The second-order valence-corrected chi connectivity index (χ2v) is 10.6. The summed E-state index contributed by atoms with van der Waals surface area (Å²) in [6, 6.07) is 18.2. The maximum Gasteiger partial charge on any atom is 0.248 e. The average Bonchev–Trinajstić information content (AvgIpc) is 3.67. The van der Waals surface area contributed by atoms with Crippen LogP contribution in [0.5, 0.6) is 5.75 Å². The average molecular weight is 590 g/mol. The Bertz CT molecular complexity index is 1790. The standard InChI is InChI=1S/C33H31N7O4/c1-22(41)28-18-39(29-11-9-24(14-27(28)29)37-25-15-34-21-35-16-25)19-32(42)40-13-5-8-30(40)33(43)38-31-12-10-26(17-36-31)44-20-23-6-3-2-4-7-23/h2-4,6-7,9-12,14-18,21,30,37H,5,8,13,19-20H2,1H3,(H,36,38,43)/t30-/m0/s1. The lowest BCUT2D eigenvalue weighted by atomic mass is 10.1. The molecule has 1 fully saturated rings. The molecule has 0 aliphatic carbocycles. The van der Waals surface area contributed by atoms with Gasteiger partial charge in [0.25, 0.3) is 0 Å². The number of amides is 2. The topological polar surface area (TPSA) is 131 Å². The summed E-state index contributed by atoms with van der Waals surface area (Å²) in [4.78, 5) is 53.2. The molecule has 6 rings (SSSR count). The van der Waals surface area contributed by atoms with Gasteiger partial charge in [0, 0.05) is 34.9 Å². The SMILES string of the molecule is CC(=O)c1cn(CC(=O)N2CCC[C@H]2C(=O)Nc2ccc(OCc3ccccc3)cn2)c2ccc(Nc3cncnc3)cc12. The molecule has 1 aliphatic rings. The zero-order chi connectivity index (χ0) is 30.5. The Kier molecular flexibility index (Phi) is 8.26. The van der Waals surface area contributed by atoms with E-state index in [1.54, 1.807) is 46.4 Å². The van der Waals surface area contributed by atoms with Crippen LogP contribution in [0.25, 0.3) is 10.9 Å². The summed E-state index contributed by atoms with van der Waals surface area (Å²) >= 11 is 0. The first-order valence-electron chi connectivity index (χ1n) is 14.3. The predicted molar refractivity (Wildman–Crippen MR) is 166 cm³/mol. The van der Waals surface area contributed by atoms with E-state index in [-0.39, 0.29) is 24.1 Å². The quantitative estimate of drug-likeness (QED) is 0.218. The molecule has 3 aromatic heterocycles. The van der Waals surface area contributed by atoms with Crippen LogP contribution in [0.2, 0.25) is 0 Å². The summed E-state index contributed by atoms with van der Waals surface area (Å²) in [7, 11) is 0. The number of ether oxygens (including phenoxy) is 1. The molecule has 44 heavy (non-hydrogen) atoms. The lowest BCUT2D eigenvalue weighted by Gasteiger charge is -2.24. The summed E-state index contributed by atoms with van der Waals surface area (Å²) in [6.07, 6.45) is 9.30. The van der Waals surface area contributed by atoms with Gasteiger partial charge in [-0.3, -0.25) is 14.4 Å². The van der Waals surface area contributed by atoms with Crippen LogP contribution in [0.4, 0.5) is 17.2 Å². The number of hydrogen-bond acceptors (Lipinski definition) is 8. The fourth-order valence-electron chi connectivity index (χ4n) is 5.38. The van der Waals surface area contributed by atoms with E-state index in [1.165, 1.54) is 13.3 Å². The van der Waals surface area contributed by atoms with Crippen molar-refractivity contribution in [2.75, 3.05) is 17.2 Å². The Morgan fingerprint density at radius 2 is 1.80 bits per heavy atom. The molecular weight excluding hydrogens is 558 g/mol. The summed E-state index contributed by atoms with van der Waals surface area (Å²) < 4.78 is 7.55. The number of carbonyl (C=O) groups excluding carboxylic acids is 3. The van der Waals surface area contributed by atoms with Gasteiger partial charge in [0.2, 0.25) is 11.8 Å². The summed E-state index contributed by atoms with van der Waals surface area (Å²) in [5.74, 6) is 0.379. The fraction of sp³-hybridized carbons (Fsp3) is 0.212. The molecule has 11 nitrogen and oxygen atoms in total. The molecule has 2 N–H and O–H groups in total. The van der Waals surface area contributed by atoms with Gasteiger partial charge in [0.1, 0.15) is 37.1 Å². The number of nitrogens with one attached hydrogen (secondary N) is 2. The molecular formula is C33H31N7O4. The summed E-state index contributed by atoms with van der Waals surface area (Å²) in [6.45, 7) is 2.39. The minimum atomic E-state index is -0.615. The summed E-state index contributed by atoms with van der Waals surface area (Å²) in [5.41, 5.74) is 3.78. The molecule has 1 atom stereocenters. The smallest absolute Gasteiger partial charge is 0.248 e. The molecule has 4 heterocycles. The molecule has 1 aliphatic heterocycles. The van der Waals surface area contributed by atoms with Crippen molar-refractivity contribution in [3.05, 3.63) is 103 Å². The van der Waals surface area contributed by atoms with E-state index < -0.39 is 6.04 Å². The first-order chi connectivity index (χ1) is 21.4. The number of ketones is 1. The van der Waals surface area contributed by atoms with E-state index in [9.17, 15) is 14.4 Å². The van der Waals surface area contributed by atoms with Gasteiger partial charge in [0.05, 0.1) is 24.3 Å². The first-order valence-corrected chi connectivity index (χ1v) is 14.3. The van der Waals surface area contributed by atoms with Crippen LogP contribution in [-0.2, 0) is 22.7 Å². The van der Waals surface area contributed by atoms with E-state index in [4.69, 9.17) is 4.74 Å². The van der Waals surface area contributed by atoms with Crippen molar-refractivity contribution in [3.8, 4) is 5.75 Å². The number of fused-ring (bicyclic) bond motifs is 1. The van der Waals surface area contributed by atoms with Crippen molar-refractivity contribution in [2.24, 2.45) is 0 Å². The van der Waals surface area contributed by atoms with E-state index >= 15 is 0 Å². The Morgan fingerprint density at radius 1 is 0.977 bits per heavy atom. The normalized spacial score (nSPS) is 14.4.